The minimum atomic E-state index is 0.748. The summed E-state index contributed by atoms with van der Waals surface area (Å²) in [7, 11) is 0. The maximum atomic E-state index is 5.70. The van der Waals surface area contributed by atoms with Crippen LogP contribution in [0.4, 0.5) is 0 Å². The highest BCUT2D eigenvalue weighted by molar-refractivity contribution is 5.43. The van der Waals surface area contributed by atoms with Crippen molar-refractivity contribution in [2.24, 2.45) is 5.92 Å². The molecule has 0 saturated heterocycles. The summed E-state index contributed by atoms with van der Waals surface area (Å²) in [5, 5.41) is 3.48. The molecular formula is C16H25NO2. The van der Waals surface area contributed by atoms with Crippen molar-refractivity contribution in [3.8, 4) is 11.5 Å². The highest BCUT2D eigenvalue weighted by Gasteiger charge is 2.10. The summed E-state index contributed by atoms with van der Waals surface area (Å²) in [4.78, 5) is 0. The molecule has 1 aromatic carbocycles. The molecule has 0 saturated carbocycles. The molecule has 1 N–H and O–H groups in total. The molecule has 0 amide bonds. The van der Waals surface area contributed by atoms with Gasteiger partial charge in [-0.3, -0.25) is 0 Å². The lowest BCUT2D eigenvalue weighted by atomic mass is 10.1. The number of hydrogen-bond acceptors (Lipinski definition) is 3. The molecule has 3 heteroatoms. The second kappa shape index (κ2) is 7.39. The first-order valence-electron chi connectivity index (χ1n) is 7.35. The molecule has 19 heavy (non-hydrogen) atoms. The highest BCUT2D eigenvalue weighted by atomic mass is 16.5. The van der Waals surface area contributed by atoms with E-state index in [-0.39, 0.29) is 0 Å². The molecular weight excluding hydrogens is 238 g/mol. The maximum Gasteiger partial charge on any atom is 0.161 e. The fraction of sp³-hybridized carbons (Fsp3) is 0.625. The molecule has 0 aliphatic carbocycles. The van der Waals surface area contributed by atoms with Gasteiger partial charge in [0.15, 0.2) is 11.5 Å². The van der Waals surface area contributed by atoms with E-state index in [4.69, 9.17) is 9.47 Å². The Morgan fingerprint density at radius 1 is 1.16 bits per heavy atom. The number of hydrogen-bond donors (Lipinski definition) is 1. The molecule has 0 bridgehead atoms. The van der Waals surface area contributed by atoms with Crippen LogP contribution in [0.5, 0.6) is 11.5 Å². The van der Waals surface area contributed by atoms with Crippen LogP contribution in [0.3, 0.4) is 0 Å². The van der Waals surface area contributed by atoms with Gasteiger partial charge in [-0.15, -0.1) is 0 Å². The van der Waals surface area contributed by atoms with Gasteiger partial charge in [0.25, 0.3) is 0 Å². The second-order valence-electron chi connectivity index (χ2n) is 5.54. The van der Waals surface area contributed by atoms with Crippen molar-refractivity contribution < 1.29 is 9.47 Å². The van der Waals surface area contributed by atoms with Gasteiger partial charge >= 0.3 is 0 Å². The first-order chi connectivity index (χ1) is 9.25. The summed E-state index contributed by atoms with van der Waals surface area (Å²) >= 11 is 0. The van der Waals surface area contributed by atoms with Crippen LogP contribution in [-0.4, -0.2) is 19.8 Å². The molecule has 0 radical (unpaired) electrons. The Balaban J connectivity index is 1.79. The Bertz CT molecular complexity index is 390. The molecule has 1 aliphatic heterocycles. The number of fused-ring (bicyclic) bond motifs is 1. The summed E-state index contributed by atoms with van der Waals surface area (Å²) in [6, 6.07) is 6.23. The van der Waals surface area contributed by atoms with Crippen LogP contribution in [0.25, 0.3) is 0 Å². The molecule has 3 nitrogen and oxygen atoms in total. The van der Waals surface area contributed by atoms with Crippen LogP contribution in [0, 0.1) is 5.92 Å². The van der Waals surface area contributed by atoms with Crippen LogP contribution in [0.15, 0.2) is 18.2 Å². The van der Waals surface area contributed by atoms with Gasteiger partial charge in [-0.05, 0) is 43.0 Å². The van der Waals surface area contributed by atoms with E-state index in [1.807, 2.05) is 6.07 Å². The van der Waals surface area contributed by atoms with Crippen molar-refractivity contribution in [1.82, 2.24) is 5.32 Å². The average Bonchev–Trinajstić information content (AvgIpc) is 2.62. The predicted octanol–water partition coefficient (Wildman–Crippen LogP) is 3.37. The van der Waals surface area contributed by atoms with Gasteiger partial charge in [-0.2, -0.15) is 0 Å². The fourth-order valence-corrected chi connectivity index (χ4v) is 2.19. The van der Waals surface area contributed by atoms with Crippen molar-refractivity contribution in [2.75, 3.05) is 19.8 Å². The van der Waals surface area contributed by atoms with E-state index >= 15 is 0 Å². The zero-order chi connectivity index (χ0) is 13.5. The van der Waals surface area contributed by atoms with Crippen molar-refractivity contribution in [3.63, 3.8) is 0 Å². The Hall–Kier alpha value is -1.22. The average molecular weight is 263 g/mol. The summed E-state index contributed by atoms with van der Waals surface area (Å²) in [5.74, 6) is 2.56. The molecule has 106 valence electrons. The van der Waals surface area contributed by atoms with E-state index in [1.54, 1.807) is 0 Å². The molecule has 0 atom stereocenters. The summed E-state index contributed by atoms with van der Waals surface area (Å²) < 4.78 is 11.3. The van der Waals surface area contributed by atoms with Gasteiger partial charge < -0.3 is 14.8 Å². The quantitative estimate of drug-likeness (QED) is 0.798. The standard InChI is InChI=1S/C16H25NO2/c1-13(2)5-3-8-17-12-14-6-7-15-16(11-14)19-10-4-9-18-15/h6-7,11,13,17H,3-5,8-10,12H2,1-2H3. The van der Waals surface area contributed by atoms with Crippen LogP contribution in [-0.2, 0) is 6.54 Å². The lowest BCUT2D eigenvalue weighted by Gasteiger charge is -2.10. The van der Waals surface area contributed by atoms with Crippen molar-refractivity contribution >= 4 is 0 Å². The molecule has 1 aliphatic rings. The normalized spacial score (nSPS) is 14.5. The summed E-state index contributed by atoms with van der Waals surface area (Å²) in [5.41, 5.74) is 1.26. The van der Waals surface area contributed by atoms with E-state index in [1.165, 1.54) is 18.4 Å². The molecule has 0 aromatic heterocycles. The maximum absolute atomic E-state index is 5.70. The van der Waals surface area contributed by atoms with Gasteiger partial charge in [0.05, 0.1) is 13.2 Å². The van der Waals surface area contributed by atoms with Crippen molar-refractivity contribution in [2.45, 2.75) is 39.7 Å². The van der Waals surface area contributed by atoms with Gasteiger partial charge in [-0.1, -0.05) is 19.9 Å². The Labute approximate surface area is 116 Å². The van der Waals surface area contributed by atoms with Crippen LogP contribution < -0.4 is 14.8 Å². The van der Waals surface area contributed by atoms with Gasteiger partial charge in [0, 0.05) is 13.0 Å². The topological polar surface area (TPSA) is 30.5 Å². The first kappa shape index (κ1) is 14.2. The zero-order valence-electron chi connectivity index (χ0n) is 12.1. The summed E-state index contributed by atoms with van der Waals surface area (Å²) in [6.45, 7) is 8.01. The molecule has 1 heterocycles. The van der Waals surface area contributed by atoms with Crippen LogP contribution >= 0.6 is 0 Å². The molecule has 1 aromatic rings. The molecule has 0 unspecified atom stereocenters. The van der Waals surface area contributed by atoms with E-state index < -0.39 is 0 Å². The van der Waals surface area contributed by atoms with Gasteiger partial charge in [-0.25, -0.2) is 0 Å². The summed E-state index contributed by atoms with van der Waals surface area (Å²) in [6.07, 6.45) is 3.48. The Morgan fingerprint density at radius 3 is 2.74 bits per heavy atom. The van der Waals surface area contributed by atoms with Gasteiger partial charge in [0.2, 0.25) is 0 Å². The SMILES string of the molecule is CC(C)CCCNCc1ccc2c(c1)OCCCO2. The van der Waals surface area contributed by atoms with Crippen molar-refractivity contribution in [3.05, 3.63) is 23.8 Å². The minimum Gasteiger partial charge on any atom is -0.490 e. The Morgan fingerprint density at radius 2 is 1.95 bits per heavy atom. The predicted molar refractivity (Wildman–Crippen MR) is 77.8 cm³/mol. The number of nitrogens with one attached hydrogen (secondary N) is 1. The lowest BCUT2D eigenvalue weighted by Crippen LogP contribution is -2.15. The van der Waals surface area contributed by atoms with E-state index in [0.29, 0.717) is 0 Å². The number of ether oxygens (including phenoxy) is 2. The third-order valence-electron chi connectivity index (χ3n) is 3.28. The zero-order valence-corrected chi connectivity index (χ0v) is 12.1. The van der Waals surface area contributed by atoms with Gasteiger partial charge in [0.1, 0.15) is 0 Å². The third kappa shape index (κ3) is 4.75. The third-order valence-corrected chi connectivity index (χ3v) is 3.28. The minimum absolute atomic E-state index is 0.748. The fourth-order valence-electron chi connectivity index (χ4n) is 2.19. The van der Waals surface area contributed by atoms with E-state index in [0.717, 1.165) is 50.1 Å². The lowest BCUT2D eigenvalue weighted by molar-refractivity contribution is 0.297. The Kier molecular flexibility index (Phi) is 5.52. The second-order valence-corrected chi connectivity index (χ2v) is 5.54. The molecule has 2 rings (SSSR count). The van der Waals surface area contributed by atoms with Crippen LogP contribution in [0.1, 0.15) is 38.7 Å². The van der Waals surface area contributed by atoms with Crippen molar-refractivity contribution in [1.29, 1.82) is 0 Å². The molecule has 0 fully saturated rings. The first-order valence-corrected chi connectivity index (χ1v) is 7.35. The van der Waals surface area contributed by atoms with Crippen LogP contribution in [0.2, 0.25) is 0 Å². The van der Waals surface area contributed by atoms with E-state index in [2.05, 4.69) is 31.3 Å². The van der Waals surface area contributed by atoms with E-state index in [9.17, 15) is 0 Å². The largest absolute Gasteiger partial charge is 0.490 e. The monoisotopic (exact) mass is 263 g/mol. The molecule has 0 spiro atoms. The number of benzene rings is 1. The highest BCUT2D eigenvalue weighted by Crippen LogP contribution is 2.30. The number of rotatable bonds is 6. The smallest absolute Gasteiger partial charge is 0.161 e.